The molecule has 21 heavy (non-hydrogen) atoms. The Morgan fingerprint density at radius 2 is 1.90 bits per heavy atom. The summed E-state index contributed by atoms with van der Waals surface area (Å²) in [4.78, 5) is 11.0. The zero-order chi connectivity index (χ0) is 15.8. The van der Waals surface area contributed by atoms with Crippen LogP contribution in [0.15, 0.2) is 23.1 Å². The molecule has 0 spiro atoms. The van der Waals surface area contributed by atoms with E-state index in [1.807, 2.05) is 0 Å². The van der Waals surface area contributed by atoms with E-state index in [4.69, 9.17) is 0 Å². The number of carboxylic acids is 1. The van der Waals surface area contributed by atoms with Gasteiger partial charge < -0.3 is 5.11 Å². The molecule has 1 saturated heterocycles. The number of carbonyl (C=O) groups is 1. The Labute approximate surface area is 121 Å². The van der Waals surface area contributed by atoms with Gasteiger partial charge in [0.05, 0.1) is 4.90 Å². The van der Waals surface area contributed by atoms with Crippen LogP contribution in [0, 0.1) is 11.6 Å². The van der Waals surface area contributed by atoms with Gasteiger partial charge in [-0.3, -0.25) is 4.79 Å². The van der Waals surface area contributed by atoms with Crippen molar-refractivity contribution in [1.29, 1.82) is 0 Å². The summed E-state index contributed by atoms with van der Waals surface area (Å²) < 4.78 is 52.4. The Morgan fingerprint density at radius 3 is 2.38 bits per heavy atom. The molecule has 1 N–H and O–H groups in total. The number of carboxylic acid groups (broad SMARTS) is 1. The van der Waals surface area contributed by atoms with Gasteiger partial charge in [0.25, 0.3) is 0 Å². The van der Waals surface area contributed by atoms with Crippen molar-refractivity contribution in [3.63, 3.8) is 0 Å². The molecule has 1 aromatic rings. The Morgan fingerprint density at radius 1 is 1.33 bits per heavy atom. The summed E-state index contributed by atoms with van der Waals surface area (Å²) in [5.41, 5.74) is -1.55. The highest BCUT2D eigenvalue weighted by molar-refractivity contribution is 7.89. The molecule has 0 aromatic heterocycles. The summed E-state index contributed by atoms with van der Waals surface area (Å²) in [5.74, 6) is -3.29. The van der Waals surface area contributed by atoms with Gasteiger partial charge in [0, 0.05) is 12.6 Å². The zero-order valence-electron chi connectivity index (χ0n) is 11.3. The minimum absolute atomic E-state index is 0.0145. The van der Waals surface area contributed by atoms with Gasteiger partial charge in [-0.25, -0.2) is 17.2 Å². The number of rotatable bonds is 4. The highest BCUT2D eigenvalue weighted by Crippen LogP contribution is 2.37. The number of hydrogen-bond acceptors (Lipinski definition) is 3. The van der Waals surface area contributed by atoms with Gasteiger partial charge in [0.1, 0.15) is 17.2 Å². The minimum atomic E-state index is -4.28. The third kappa shape index (κ3) is 2.53. The molecule has 8 heteroatoms. The second-order valence-electron chi connectivity index (χ2n) is 4.98. The number of benzene rings is 1. The molecule has 1 aromatic carbocycles. The van der Waals surface area contributed by atoms with Crippen LogP contribution in [0.1, 0.15) is 26.2 Å². The average molecular weight is 319 g/mol. The van der Waals surface area contributed by atoms with Crippen molar-refractivity contribution < 1.29 is 27.1 Å². The lowest BCUT2D eigenvalue weighted by Gasteiger charge is -2.32. The number of sulfonamides is 1. The fraction of sp³-hybridized carbons (Fsp3) is 0.462. The van der Waals surface area contributed by atoms with Crippen LogP contribution in [0.5, 0.6) is 0 Å². The predicted octanol–water partition coefficient (Wildman–Crippen LogP) is 1.98. The molecule has 0 radical (unpaired) electrons. The van der Waals surface area contributed by atoms with Crippen LogP contribution in [0.25, 0.3) is 0 Å². The highest BCUT2D eigenvalue weighted by atomic mass is 32.2. The Kier molecular flexibility index (Phi) is 4.03. The van der Waals surface area contributed by atoms with E-state index >= 15 is 0 Å². The normalized spacial score (nSPS) is 23.4. The standard InChI is InChI=1S/C13H15F2NO4S/c1-2-13(12(17)18)4-3-5-16(13)21(19,20)11-7-9(14)6-10(15)8-11/h6-8H,2-5H2,1H3,(H,17,18). The fourth-order valence-corrected chi connectivity index (χ4v) is 4.63. The zero-order valence-corrected chi connectivity index (χ0v) is 12.2. The van der Waals surface area contributed by atoms with Crippen molar-refractivity contribution in [2.75, 3.05) is 6.54 Å². The van der Waals surface area contributed by atoms with Gasteiger partial charge in [0.2, 0.25) is 10.0 Å². The van der Waals surface area contributed by atoms with E-state index in [2.05, 4.69) is 0 Å². The number of nitrogens with zero attached hydrogens (tertiary/aromatic N) is 1. The lowest BCUT2D eigenvalue weighted by molar-refractivity contribution is -0.147. The maximum Gasteiger partial charge on any atom is 0.325 e. The van der Waals surface area contributed by atoms with Crippen molar-refractivity contribution >= 4 is 16.0 Å². The van der Waals surface area contributed by atoms with Crippen molar-refractivity contribution in [2.24, 2.45) is 0 Å². The Bertz CT molecular complexity index is 656. The van der Waals surface area contributed by atoms with E-state index in [0.717, 1.165) is 4.31 Å². The summed E-state index contributed by atoms with van der Waals surface area (Å²) in [6.07, 6.45) is 0.645. The molecule has 2 rings (SSSR count). The van der Waals surface area contributed by atoms with Crippen LogP contribution in [0.3, 0.4) is 0 Å². The van der Waals surface area contributed by atoms with Gasteiger partial charge in [-0.15, -0.1) is 0 Å². The lowest BCUT2D eigenvalue weighted by atomic mass is 9.95. The molecule has 1 aliphatic rings. The summed E-state index contributed by atoms with van der Waals surface area (Å²) >= 11 is 0. The maximum absolute atomic E-state index is 13.2. The van der Waals surface area contributed by atoms with Crippen molar-refractivity contribution in [1.82, 2.24) is 4.31 Å². The summed E-state index contributed by atoms with van der Waals surface area (Å²) in [5, 5.41) is 9.40. The molecule has 1 atom stereocenters. The monoisotopic (exact) mass is 319 g/mol. The predicted molar refractivity (Wildman–Crippen MR) is 70.1 cm³/mol. The van der Waals surface area contributed by atoms with E-state index in [0.29, 0.717) is 24.6 Å². The molecule has 0 aliphatic carbocycles. The highest BCUT2D eigenvalue weighted by Gasteiger charge is 2.52. The third-order valence-electron chi connectivity index (χ3n) is 3.84. The second kappa shape index (κ2) is 5.34. The molecular weight excluding hydrogens is 304 g/mol. The molecule has 0 saturated carbocycles. The van der Waals surface area contributed by atoms with Gasteiger partial charge in [0.15, 0.2) is 0 Å². The summed E-state index contributed by atoms with van der Waals surface area (Å²) in [7, 11) is -4.28. The largest absolute Gasteiger partial charge is 0.480 e. The summed E-state index contributed by atoms with van der Waals surface area (Å²) in [6.45, 7) is 1.59. The molecule has 0 amide bonds. The molecule has 116 valence electrons. The van der Waals surface area contributed by atoms with Crippen LogP contribution < -0.4 is 0 Å². The van der Waals surface area contributed by atoms with E-state index in [9.17, 15) is 27.1 Å². The molecule has 5 nitrogen and oxygen atoms in total. The molecule has 1 heterocycles. The SMILES string of the molecule is CCC1(C(=O)O)CCCN1S(=O)(=O)c1cc(F)cc(F)c1. The first-order chi connectivity index (χ1) is 9.74. The van der Waals surface area contributed by atoms with Crippen LogP contribution in [-0.2, 0) is 14.8 Å². The third-order valence-corrected chi connectivity index (χ3v) is 5.78. The van der Waals surface area contributed by atoms with E-state index < -0.39 is 38.1 Å². The van der Waals surface area contributed by atoms with E-state index in [1.54, 1.807) is 6.92 Å². The van der Waals surface area contributed by atoms with Crippen molar-refractivity contribution in [2.45, 2.75) is 36.6 Å². The maximum atomic E-state index is 13.2. The number of halogens is 2. The average Bonchev–Trinajstić information content (AvgIpc) is 2.83. The molecule has 1 fully saturated rings. The smallest absolute Gasteiger partial charge is 0.325 e. The lowest BCUT2D eigenvalue weighted by Crippen LogP contribution is -2.52. The van der Waals surface area contributed by atoms with Gasteiger partial charge in [-0.2, -0.15) is 4.31 Å². The van der Waals surface area contributed by atoms with Gasteiger partial charge >= 0.3 is 5.97 Å². The fourth-order valence-electron chi connectivity index (χ4n) is 2.73. The molecule has 0 bridgehead atoms. The molecule has 1 aliphatic heterocycles. The van der Waals surface area contributed by atoms with Crippen molar-refractivity contribution in [3.05, 3.63) is 29.8 Å². The van der Waals surface area contributed by atoms with E-state index in [-0.39, 0.29) is 19.4 Å². The molecular formula is C13H15F2NO4S. The van der Waals surface area contributed by atoms with Gasteiger partial charge in [-0.1, -0.05) is 6.92 Å². The second-order valence-corrected chi connectivity index (χ2v) is 6.84. The van der Waals surface area contributed by atoms with Crippen LogP contribution in [0.2, 0.25) is 0 Å². The first-order valence-electron chi connectivity index (χ1n) is 6.46. The number of aliphatic carboxylic acids is 1. The van der Waals surface area contributed by atoms with Crippen LogP contribution >= 0.6 is 0 Å². The van der Waals surface area contributed by atoms with Crippen LogP contribution in [-0.4, -0.2) is 35.9 Å². The van der Waals surface area contributed by atoms with Crippen molar-refractivity contribution in [3.8, 4) is 0 Å². The van der Waals surface area contributed by atoms with E-state index in [1.165, 1.54) is 0 Å². The number of hydrogen-bond donors (Lipinski definition) is 1. The Hall–Kier alpha value is -1.54. The first-order valence-corrected chi connectivity index (χ1v) is 7.90. The Balaban J connectivity index is 2.55. The quantitative estimate of drug-likeness (QED) is 0.921. The first kappa shape index (κ1) is 15.8. The minimum Gasteiger partial charge on any atom is -0.480 e. The molecule has 1 unspecified atom stereocenters. The topological polar surface area (TPSA) is 74.7 Å². The van der Waals surface area contributed by atoms with Gasteiger partial charge in [-0.05, 0) is 31.4 Å². The van der Waals surface area contributed by atoms with Crippen LogP contribution in [0.4, 0.5) is 8.78 Å². The summed E-state index contributed by atoms with van der Waals surface area (Å²) in [6, 6.07) is 1.95.